The Hall–Kier alpha value is -0.870. The van der Waals surface area contributed by atoms with E-state index >= 15 is 0 Å². The summed E-state index contributed by atoms with van der Waals surface area (Å²) in [7, 11) is 0. The minimum Gasteiger partial charge on any atom is -0.349 e. The molecule has 0 spiro atoms. The van der Waals surface area contributed by atoms with Gasteiger partial charge in [-0.25, -0.2) is 0 Å². The minimum atomic E-state index is -0.0992. The second kappa shape index (κ2) is 7.65. The van der Waals surface area contributed by atoms with E-state index in [1.807, 2.05) is 31.2 Å². The Morgan fingerprint density at radius 1 is 1.26 bits per heavy atom. The molecule has 1 amide bonds. The van der Waals surface area contributed by atoms with Crippen molar-refractivity contribution in [2.45, 2.75) is 33.2 Å². The molecule has 0 saturated carbocycles. The van der Waals surface area contributed by atoms with Gasteiger partial charge in [-0.2, -0.15) is 0 Å². The molecular weight excluding hydrogens is 304 g/mol. The van der Waals surface area contributed by atoms with E-state index in [0.717, 1.165) is 16.5 Å². The molecule has 3 N–H and O–H groups in total. The molecule has 19 heavy (non-hydrogen) atoms. The zero-order valence-corrected chi connectivity index (χ0v) is 13.4. The van der Waals surface area contributed by atoms with Crippen molar-refractivity contribution in [3.8, 4) is 0 Å². The van der Waals surface area contributed by atoms with Crippen molar-refractivity contribution in [1.29, 1.82) is 0 Å². The molecule has 0 fully saturated rings. The van der Waals surface area contributed by atoms with Gasteiger partial charge >= 0.3 is 0 Å². The van der Waals surface area contributed by atoms with E-state index in [0.29, 0.717) is 12.5 Å². The van der Waals surface area contributed by atoms with Gasteiger partial charge in [-0.3, -0.25) is 4.79 Å². The lowest BCUT2D eigenvalue weighted by Crippen LogP contribution is -2.37. The van der Waals surface area contributed by atoms with Crippen molar-refractivity contribution >= 4 is 21.8 Å². The summed E-state index contributed by atoms with van der Waals surface area (Å²) < 4.78 is 1.04. The lowest BCUT2D eigenvalue weighted by molar-refractivity contribution is -0.125. The molecular formula is C15H23BrN2O. The van der Waals surface area contributed by atoms with Gasteiger partial charge in [0, 0.05) is 11.0 Å². The Morgan fingerprint density at radius 2 is 1.84 bits per heavy atom. The van der Waals surface area contributed by atoms with Crippen LogP contribution in [0.25, 0.3) is 0 Å². The van der Waals surface area contributed by atoms with Crippen molar-refractivity contribution < 1.29 is 4.79 Å². The first kappa shape index (κ1) is 16.2. The lowest BCUT2D eigenvalue weighted by atomic mass is 9.96. The predicted octanol–water partition coefficient (Wildman–Crippen LogP) is 3.25. The van der Waals surface area contributed by atoms with Gasteiger partial charge in [0.25, 0.3) is 0 Å². The van der Waals surface area contributed by atoms with Crippen LogP contribution in [0.1, 0.15) is 38.8 Å². The van der Waals surface area contributed by atoms with Gasteiger partial charge in [0.05, 0.1) is 12.0 Å². The third-order valence-corrected chi connectivity index (χ3v) is 3.67. The number of hydrogen-bond donors (Lipinski definition) is 2. The zero-order chi connectivity index (χ0) is 14.4. The highest BCUT2D eigenvalue weighted by Gasteiger charge is 2.20. The highest BCUT2D eigenvalue weighted by Crippen LogP contribution is 2.18. The van der Waals surface area contributed by atoms with Crippen LogP contribution in [0.3, 0.4) is 0 Å². The van der Waals surface area contributed by atoms with Crippen LogP contribution < -0.4 is 11.1 Å². The van der Waals surface area contributed by atoms with E-state index in [4.69, 9.17) is 5.73 Å². The first-order valence-corrected chi connectivity index (χ1v) is 7.49. The Kier molecular flexibility index (Phi) is 6.52. The van der Waals surface area contributed by atoms with Crippen molar-refractivity contribution in [2.24, 2.45) is 17.6 Å². The van der Waals surface area contributed by atoms with Crippen LogP contribution in [0.15, 0.2) is 28.7 Å². The quantitative estimate of drug-likeness (QED) is 0.843. The van der Waals surface area contributed by atoms with Gasteiger partial charge in [-0.1, -0.05) is 41.9 Å². The van der Waals surface area contributed by atoms with E-state index in [1.54, 1.807) is 0 Å². The molecule has 1 rings (SSSR count). The molecule has 0 aromatic heterocycles. The maximum atomic E-state index is 12.2. The van der Waals surface area contributed by atoms with Crippen LogP contribution in [0, 0.1) is 11.8 Å². The van der Waals surface area contributed by atoms with Crippen molar-refractivity contribution in [1.82, 2.24) is 5.32 Å². The summed E-state index contributed by atoms with van der Waals surface area (Å²) in [4.78, 5) is 12.2. The fourth-order valence-corrected chi connectivity index (χ4v) is 2.31. The average molecular weight is 327 g/mol. The number of benzene rings is 1. The zero-order valence-electron chi connectivity index (χ0n) is 11.8. The monoisotopic (exact) mass is 326 g/mol. The fraction of sp³-hybridized carbons (Fsp3) is 0.533. The highest BCUT2D eigenvalue weighted by molar-refractivity contribution is 9.10. The summed E-state index contributed by atoms with van der Waals surface area (Å²) in [6.45, 7) is 6.60. The highest BCUT2D eigenvalue weighted by atomic mass is 79.9. The Labute approximate surface area is 124 Å². The van der Waals surface area contributed by atoms with Gasteiger partial charge in [0.1, 0.15) is 0 Å². The average Bonchev–Trinajstić information content (AvgIpc) is 2.36. The third-order valence-electron chi connectivity index (χ3n) is 3.14. The molecule has 0 radical (unpaired) electrons. The topological polar surface area (TPSA) is 55.1 Å². The van der Waals surface area contributed by atoms with Crippen LogP contribution in [0.5, 0.6) is 0 Å². The van der Waals surface area contributed by atoms with Crippen molar-refractivity contribution in [3.05, 3.63) is 34.3 Å². The molecule has 0 aliphatic carbocycles. The molecule has 1 unspecified atom stereocenters. The first-order chi connectivity index (χ1) is 8.93. The molecule has 0 heterocycles. The van der Waals surface area contributed by atoms with Crippen LogP contribution in [0.2, 0.25) is 0 Å². The van der Waals surface area contributed by atoms with Crippen molar-refractivity contribution in [3.63, 3.8) is 0 Å². The number of halogens is 1. The third kappa shape index (κ3) is 5.33. The first-order valence-electron chi connectivity index (χ1n) is 6.70. The molecule has 1 aromatic carbocycles. The minimum absolute atomic E-state index is 0.00168. The summed E-state index contributed by atoms with van der Waals surface area (Å²) in [5.74, 6) is 0.423. The smallest absolute Gasteiger partial charge is 0.224 e. The molecule has 0 aliphatic heterocycles. The van der Waals surface area contributed by atoms with E-state index in [2.05, 4.69) is 35.1 Å². The maximum absolute atomic E-state index is 12.2. The number of rotatable bonds is 6. The molecule has 2 atom stereocenters. The number of carbonyl (C=O) groups excluding carboxylic acids is 1. The summed E-state index contributed by atoms with van der Waals surface area (Å²) in [5.41, 5.74) is 6.78. The van der Waals surface area contributed by atoms with Crippen LogP contribution in [-0.4, -0.2) is 12.5 Å². The second-order valence-electron chi connectivity index (χ2n) is 5.34. The Balaban J connectivity index is 2.62. The fourth-order valence-electron chi connectivity index (χ4n) is 2.05. The van der Waals surface area contributed by atoms with Gasteiger partial charge in [-0.15, -0.1) is 0 Å². The number of carbonyl (C=O) groups is 1. The van der Waals surface area contributed by atoms with Gasteiger partial charge in [-0.05, 0) is 37.0 Å². The summed E-state index contributed by atoms with van der Waals surface area (Å²) in [6.07, 6.45) is 0.829. The number of hydrogen-bond acceptors (Lipinski definition) is 2. The van der Waals surface area contributed by atoms with Gasteiger partial charge in [0.2, 0.25) is 5.91 Å². The Morgan fingerprint density at radius 3 is 2.32 bits per heavy atom. The summed E-state index contributed by atoms with van der Waals surface area (Å²) >= 11 is 3.40. The number of nitrogens with two attached hydrogens (primary N) is 1. The summed E-state index contributed by atoms with van der Waals surface area (Å²) in [6, 6.07) is 7.98. The van der Waals surface area contributed by atoms with Crippen molar-refractivity contribution in [2.75, 3.05) is 6.54 Å². The predicted molar refractivity (Wildman–Crippen MR) is 82.7 cm³/mol. The van der Waals surface area contributed by atoms with E-state index in [1.165, 1.54) is 0 Å². The molecule has 4 heteroatoms. The normalized spacial score (nSPS) is 14.2. The van der Waals surface area contributed by atoms with Crippen LogP contribution in [0.4, 0.5) is 0 Å². The van der Waals surface area contributed by atoms with Gasteiger partial charge < -0.3 is 11.1 Å². The molecule has 0 bridgehead atoms. The van der Waals surface area contributed by atoms with E-state index in [-0.39, 0.29) is 17.9 Å². The molecule has 0 aliphatic rings. The SMILES string of the molecule is CC(C)CC(CN)C(=O)N[C@H](C)c1ccc(Br)cc1. The van der Waals surface area contributed by atoms with Crippen LogP contribution in [-0.2, 0) is 4.79 Å². The molecule has 1 aromatic rings. The standard InChI is InChI=1S/C15H23BrN2O/c1-10(2)8-13(9-17)15(19)18-11(3)12-4-6-14(16)7-5-12/h4-7,10-11,13H,8-9,17H2,1-3H3,(H,18,19)/t11-,13?/m1/s1. The maximum Gasteiger partial charge on any atom is 0.224 e. The second-order valence-corrected chi connectivity index (χ2v) is 6.26. The van der Waals surface area contributed by atoms with Crippen LogP contribution >= 0.6 is 15.9 Å². The van der Waals surface area contributed by atoms with E-state index < -0.39 is 0 Å². The van der Waals surface area contributed by atoms with E-state index in [9.17, 15) is 4.79 Å². The summed E-state index contributed by atoms with van der Waals surface area (Å²) in [5, 5.41) is 3.04. The van der Waals surface area contributed by atoms with Gasteiger partial charge in [0.15, 0.2) is 0 Å². The number of amides is 1. The molecule has 0 saturated heterocycles. The number of nitrogens with one attached hydrogen (secondary N) is 1. The molecule has 106 valence electrons. The lowest BCUT2D eigenvalue weighted by Gasteiger charge is -2.20. The Bertz CT molecular complexity index is 403. The largest absolute Gasteiger partial charge is 0.349 e. The molecule has 3 nitrogen and oxygen atoms in total.